The molecule has 2 aliphatic rings. The van der Waals surface area contributed by atoms with Crippen LogP contribution < -0.4 is 10.1 Å². The quantitative estimate of drug-likeness (QED) is 0.886. The normalized spacial score (nSPS) is 20.3. The first-order valence-electron chi connectivity index (χ1n) is 6.94. The second-order valence-electron chi connectivity index (χ2n) is 5.59. The number of para-hydroxylation sites is 1. The van der Waals surface area contributed by atoms with Gasteiger partial charge in [-0.1, -0.05) is 18.2 Å². The number of benzene rings is 1. The predicted molar refractivity (Wildman–Crippen MR) is 73.1 cm³/mol. The van der Waals surface area contributed by atoms with Gasteiger partial charge in [0.1, 0.15) is 5.75 Å². The maximum Gasteiger partial charge on any atom is 0.226 e. The highest BCUT2D eigenvalue weighted by Crippen LogP contribution is 2.36. The number of hydrogen-bond donors (Lipinski definition) is 1. The molecule has 3 rings (SSSR count). The molecule has 2 saturated heterocycles. The fourth-order valence-corrected chi connectivity index (χ4v) is 2.94. The summed E-state index contributed by atoms with van der Waals surface area (Å²) in [6.07, 6.45) is 1.68. The summed E-state index contributed by atoms with van der Waals surface area (Å²) in [6.45, 7) is 4.47. The third-order valence-corrected chi connectivity index (χ3v) is 4.07. The molecule has 0 aliphatic carbocycles. The van der Waals surface area contributed by atoms with E-state index in [0.717, 1.165) is 31.9 Å². The van der Waals surface area contributed by atoms with Crippen LogP contribution in [0.1, 0.15) is 12.8 Å². The zero-order valence-electron chi connectivity index (χ0n) is 11.1. The van der Waals surface area contributed by atoms with Crippen molar-refractivity contribution in [3.63, 3.8) is 0 Å². The molecule has 1 spiro atoms. The van der Waals surface area contributed by atoms with E-state index in [-0.39, 0.29) is 5.91 Å². The third-order valence-electron chi connectivity index (χ3n) is 4.07. The Bertz CT molecular complexity index is 433. The molecule has 2 heterocycles. The molecule has 19 heavy (non-hydrogen) atoms. The SMILES string of the molecule is O=C(CCOc1ccccc1)N1CC2(CCNC2)C1. The Labute approximate surface area is 113 Å². The average molecular weight is 260 g/mol. The molecular formula is C15H20N2O2. The number of ether oxygens (including phenoxy) is 1. The molecule has 1 amide bonds. The van der Waals surface area contributed by atoms with Crippen LogP contribution in [0.4, 0.5) is 0 Å². The van der Waals surface area contributed by atoms with Crippen molar-refractivity contribution >= 4 is 5.91 Å². The van der Waals surface area contributed by atoms with E-state index in [1.807, 2.05) is 35.2 Å². The summed E-state index contributed by atoms with van der Waals surface area (Å²) in [5, 5.41) is 3.38. The number of nitrogens with one attached hydrogen (secondary N) is 1. The smallest absolute Gasteiger partial charge is 0.226 e. The van der Waals surface area contributed by atoms with Gasteiger partial charge in [-0.25, -0.2) is 0 Å². The van der Waals surface area contributed by atoms with Gasteiger partial charge in [0.05, 0.1) is 13.0 Å². The number of rotatable bonds is 4. The maximum atomic E-state index is 12.0. The monoisotopic (exact) mass is 260 g/mol. The molecule has 0 saturated carbocycles. The molecule has 0 radical (unpaired) electrons. The number of likely N-dealkylation sites (tertiary alicyclic amines) is 1. The van der Waals surface area contributed by atoms with Gasteiger partial charge in [-0.15, -0.1) is 0 Å². The molecule has 0 unspecified atom stereocenters. The van der Waals surface area contributed by atoms with Crippen LogP contribution in [0.3, 0.4) is 0 Å². The van der Waals surface area contributed by atoms with Gasteiger partial charge in [0.15, 0.2) is 0 Å². The van der Waals surface area contributed by atoms with Crippen molar-refractivity contribution in [3.8, 4) is 5.75 Å². The zero-order chi connectivity index (χ0) is 13.1. The summed E-state index contributed by atoms with van der Waals surface area (Å²) in [6, 6.07) is 9.64. The highest BCUT2D eigenvalue weighted by Gasteiger charge is 2.46. The van der Waals surface area contributed by atoms with Crippen molar-refractivity contribution in [2.75, 3.05) is 32.8 Å². The van der Waals surface area contributed by atoms with Crippen LogP contribution in [-0.4, -0.2) is 43.6 Å². The van der Waals surface area contributed by atoms with Crippen molar-refractivity contribution in [1.82, 2.24) is 10.2 Å². The molecule has 0 atom stereocenters. The van der Waals surface area contributed by atoms with E-state index in [0.29, 0.717) is 18.4 Å². The van der Waals surface area contributed by atoms with Crippen molar-refractivity contribution in [2.24, 2.45) is 5.41 Å². The van der Waals surface area contributed by atoms with Gasteiger partial charge in [0.2, 0.25) is 5.91 Å². The van der Waals surface area contributed by atoms with Gasteiger partial charge in [0, 0.05) is 25.0 Å². The van der Waals surface area contributed by atoms with Crippen molar-refractivity contribution in [2.45, 2.75) is 12.8 Å². The molecule has 4 heteroatoms. The van der Waals surface area contributed by atoms with Crippen LogP contribution in [0.2, 0.25) is 0 Å². The van der Waals surface area contributed by atoms with E-state index >= 15 is 0 Å². The molecule has 1 aromatic rings. The number of carbonyl (C=O) groups excluding carboxylic acids is 1. The minimum atomic E-state index is 0.216. The first-order chi connectivity index (χ1) is 9.27. The Balaban J connectivity index is 1.38. The summed E-state index contributed by atoms with van der Waals surface area (Å²) in [4.78, 5) is 13.9. The minimum Gasteiger partial charge on any atom is -0.493 e. The van der Waals surface area contributed by atoms with Gasteiger partial charge in [-0.05, 0) is 25.1 Å². The third kappa shape index (κ3) is 2.73. The van der Waals surface area contributed by atoms with Crippen molar-refractivity contribution in [1.29, 1.82) is 0 Å². The highest BCUT2D eigenvalue weighted by atomic mass is 16.5. The summed E-state index contributed by atoms with van der Waals surface area (Å²) in [5.41, 5.74) is 0.385. The molecule has 102 valence electrons. The first-order valence-corrected chi connectivity index (χ1v) is 6.94. The fraction of sp³-hybridized carbons (Fsp3) is 0.533. The van der Waals surface area contributed by atoms with E-state index in [1.54, 1.807) is 0 Å². The van der Waals surface area contributed by atoms with Crippen LogP contribution in [0.15, 0.2) is 30.3 Å². The van der Waals surface area contributed by atoms with E-state index in [9.17, 15) is 4.79 Å². The Morgan fingerprint density at radius 1 is 1.32 bits per heavy atom. The minimum absolute atomic E-state index is 0.216. The van der Waals surface area contributed by atoms with Crippen molar-refractivity contribution in [3.05, 3.63) is 30.3 Å². The van der Waals surface area contributed by atoms with Gasteiger partial charge in [-0.3, -0.25) is 4.79 Å². The van der Waals surface area contributed by atoms with E-state index in [1.165, 1.54) is 6.42 Å². The fourth-order valence-electron chi connectivity index (χ4n) is 2.94. The number of amides is 1. The second-order valence-corrected chi connectivity index (χ2v) is 5.59. The van der Waals surface area contributed by atoms with E-state index in [2.05, 4.69) is 5.32 Å². The molecule has 0 aromatic heterocycles. The average Bonchev–Trinajstić information content (AvgIpc) is 2.87. The van der Waals surface area contributed by atoms with Crippen molar-refractivity contribution < 1.29 is 9.53 Å². The van der Waals surface area contributed by atoms with Crippen LogP contribution in [-0.2, 0) is 4.79 Å². The molecule has 2 fully saturated rings. The zero-order valence-corrected chi connectivity index (χ0v) is 11.1. The second kappa shape index (κ2) is 5.21. The van der Waals surface area contributed by atoms with E-state index < -0.39 is 0 Å². The number of hydrogen-bond acceptors (Lipinski definition) is 3. The summed E-state index contributed by atoms with van der Waals surface area (Å²) >= 11 is 0. The van der Waals surface area contributed by atoms with Crippen LogP contribution in [0, 0.1) is 5.41 Å². The lowest BCUT2D eigenvalue weighted by Gasteiger charge is -2.47. The van der Waals surface area contributed by atoms with Crippen LogP contribution >= 0.6 is 0 Å². The van der Waals surface area contributed by atoms with E-state index in [4.69, 9.17) is 4.74 Å². The molecule has 0 bridgehead atoms. The van der Waals surface area contributed by atoms with Gasteiger partial charge in [0.25, 0.3) is 0 Å². The van der Waals surface area contributed by atoms with Gasteiger partial charge < -0.3 is 15.0 Å². The Hall–Kier alpha value is -1.55. The lowest BCUT2D eigenvalue weighted by Crippen LogP contribution is -2.59. The Kier molecular flexibility index (Phi) is 3.42. The molecule has 1 aromatic carbocycles. The Morgan fingerprint density at radius 3 is 2.79 bits per heavy atom. The lowest BCUT2D eigenvalue weighted by atomic mass is 9.79. The number of carbonyl (C=O) groups is 1. The largest absolute Gasteiger partial charge is 0.493 e. The Morgan fingerprint density at radius 2 is 2.11 bits per heavy atom. The topological polar surface area (TPSA) is 41.6 Å². The number of nitrogens with zero attached hydrogens (tertiary/aromatic N) is 1. The lowest BCUT2D eigenvalue weighted by molar-refractivity contribution is -0.142. The molecular weight excluding hydrogens is 240 g/mol. The first kappa shape index (κ1) is 12.5. The van der Waals surface area contributed by atoms with Crippen LogP contribution in [0.25, 0.3) is 0 Å². The summed E-state index contributed by atoms with van der Waals surface area (Å²) < 4.78 is 5.55. The highest BCUT2D eigenvalue weighted by molar-refractivity contribution is 5.77. The standard InChI is InChI=1S/C15H20N2O2/c18-14(6-9-19-13-4-2-1-3-5-13)17-11-15(12-17)7-8-16-10-15/h1-5,16H,6-12H2. The van der Waals surface area contributed by atoms with Crippen LogP contribution in [0.5, 0.6) is 5.75 Å². The molecule has 2 aliphatic heterocycles. The van der Waals surface area contributed by atoms with Gasteiger partial charge >= 0.3 is 0 Å². The molecule has 1 N–H and O–H groups in total. The molecule has 4 nitrogen and oxygen atoms in total. The summed E-state index contributed by atoms with van der Waals surface area (Å²) in [7, 11) is 0. The van der Waals surface area contributed by atoms with Gasteiger partial charge in [-0.2, -0.15) is 0 Å². The summed E-state index contributed by atoms with van der Waals surface area (Å²) in [5.74, 6) is 1.05. The maximum absolute atomic E-state index is 12.0. The predicted octanol–water partition coefficient (Wildman–Crippen LogP) is 1.28.